The summed E-state index contributed by atoms with van der Waals surface area (Å²) in [5.74, 6) is 3.85. The average molecular weight is 288 g/mol. The molecule has 0 radical (unpaired) electrons. The standard InChI is InChI=1S/C15H24N6/c16-11-3-4-21(8-11)14-7-13(19-15(17)20-14)18-12-6-9-1-2-10(12)5-9/h7,9-12H,1-6,8,16H2,(H3,17,18,19,20)/t9?,10-,11-,12?/m1/s1. The molecule has 2 heterocycles. The largest absolute Gasteiger partial charge is 0.368 e. The van der Waals surface area contributed by atoms with Gasteiger partial charge in [-0.3, -0.25) is 0 Å². The number of fused-ring (bicyclic) bond motifs is 2. The number of aromatic nitrogens is 2. The van der Waals surface area contributed by atoms with Crippen molar-refractivity contribution >= 4 is 17.6 Å². The molecule has 4 rings (SSSR count). The van der Waals surface area contributed by atoms with E-state index in [1.807, 2.05) is 6.07 Å². The van der Waals surface area contributed by atoms with Gasteiger partial charge in [0.1, 0.15) is 11.6 Å². The molecule has 5 N–H and O–H groups in total. The van der Waals surface area contributed by atoms with Crippen LogP contribution in [0.3, 0.4) is 0 Å². The van der Waals surface area contributed by atoms with E-state index in [-0.39, 0.29) is 6.04 Å². The fourth-order valence-electron chi connectivity index (χ4n) is 4.30. The van der Waals surface area contributed by atoms with E-state index >= 15 is 0 Å². The molecule has 6 nitrogen and oxygen atoms in total. The number of hydrogen-bond donors (Lipinski definition) is 3. The second kappa shape index (κ2) is 5.02. The van der Waals surface area contributed by atoms with Crippen LogP contribution < -0.4 is 21.7 Å². The van der Waals surface area contributed by atoms with Gasteiger partial charge < -0.3 is 21.7 Å². The average Bonchev–Trinajstić information content (AvgIpc) is 3.14. The number of nitrogens with one attached hydrogen (secondary N) is 1. The molecule has 4 atom stereocenters. The first-order chi connectivity index (χ1) is 10.2. The molecular weight excluding hydrogens is 264 g/mol. The van der Waals surface area contributed by atoms with Crippen molar-refractivity contribution in [3.05, 3.63) is 6.07 Å². The van der Waals surface area contributed by atoms with Crippen LogP contribution in [0, 0.1) is 11.8 Å². The monoisotopic (exact) mass is 288 g/mol. The predicted octanol–water partition coefficient (Wildman–Crippen LogP) is 1.20. The normalized spacial score (nSPS) is 34.6. The molecule has 3 aliphatic rings. The minimum Gasteiger partial charge on any atom is -0.368 e. The summed E-state index contributed by atoms with van der Waals surface area (Å²) >= 11 is 0. The Morgan fingerprint density at radius 1 is 1.19 bits per heavy atom. The van der Waals surface area contributed by atoms with Gasteiger partial charge in [0.2, 0.25) is 5.95 Å². The van der Waals surface area contributed by atoms with Crippen LogP contribution in [0.4, 0.5) is 17.6 Å². The molecule has 0 aromatic carbocycles. The Labute approximate surface area is 125 Å². The Morgan fingerprint density at radius 3 is 2.76 bits per heavy atom. The van der Waals surface area contributed by atoms with Crippen LogP contribution >= 0.6 is 0 Å². The Kier molecular flexibility index (Phi) is 3.14. The second-order valence-corrected chi connectivity index (χ2v) is 6.89. The van der Waals surface area contributed by atoms with Crippen molar-refractivity contribution in [1.82, 2.24) is 9.97 Å². The fourth-order valence-corrected chi connectivity index (χ4v) is 4.30. The van der Waals surface area contributed by atoms with E-state index in [0.29, 0.717) is 12.0 Å². The molecule has 1 aromatic rings. The summed E-state index contributed by atoms with van der Waals surface area (Å²) < 4.78 is 0. The number of nitrogens with zero attached hydrogens (tertiary/aromatic N) is 3. The van der Waals surface area contributed by atoms with Crippen LogP contribution in [0.15, 0.2) is 6.07 Å². The van der Waals surface area contributed by atoms with E-state index < -0.39 is 0 Å². The second-order valence-electron chi connectivity index (χ2n) is 6.89. The van der Waals surface area contributed by atoms with E-state index in [1.54, 1.807) is 0 Å². The van der Waals surface area contributed by atoms with Gasteiger partial charge in [-0.15, -0.1) is 0 Å². The summed E-state index contributed by atoms with van der Waals surface area (Å²) in [4.78, 5) is 10.9. The maximum Gasteiger partial charge on any atom is 0.223 e. The zero-order valence-corrected chi connectivity index (χ0v) is 12.3. The van der Waals surface area contributed by atoms with Crippen molar-refractivity contribution in [2.75, 3.05) is 29.0 Å². The Balaban J connectivity index is 1.51. The molecule has 0 amide bonds. The van der Waals surface area contributed by atoms with Crippen molar-refractivity contribution in [2.45, 2.75) is 44.2 Å². The third-order valence-corrected chi connectivity index (χ3v) is 5.35. The summed E-state index contributed by atoms with van der Waals surface area (Å²) in [5.41, 5.74) is 11.9. The Morgan fingerprint density at radius 2 is 2.10 bits per heavy atom. The number of nitrogen functional groups attached to an aromatic ring is 1. The quantitative estimate of drug-likeness (QED) is 0.774. The van der Waals surface area contributed by atoms with Crippen LogP contribution in [-0.2, 0) is 0 Å². The van der Waals surface area contributed by atoms with E-state index in [9.17, 15) is 0 Å². The third kappa shape index (κ3) is 2.52. The van der Waals surface area contributed by atoms with Crippen LogP contribution in [0.5, 0.6) is 0 Å². The van der Waals surface area contributed by atoms with Crippen molar-refractivity contribution in [1.29, 1.82) is 0 Å². The summed E-state index contributed by atoms with van der Waals surface area (Å²) in [7, 11) is 0. The smallest absolute Gasteiger partial charge is 0.223 e. The van der Waals surface area contributed by atoms with Crippen molar-refractivity contribution < 1.29 is 0 Å². The van der Waals surface area contributed by atoms with Gasteiger partial charge in [0, 0.05) is 31.2 Å². The molecule has 6 heteroatoms. The topological polar surface area (TPSA) is 93.1 Å². The van der Waals surface area contributed by atoms with E-state index in [0.717, 1.165) is 43.0 Å². The zero-order valence-electron chi connectivity index (χ0n) is 12.3. The highest BCUT2D eigenvalue weighted by atomic mass is 15.2. The van der Waals surface area contributed by atoms with Crippen LogP contribution in [0.25, 0.3) is 0 Å². The van der Waals surface area contributed by atoms with Gasteiger partial charge >= 0.3 is 0 Å². The first-order valence-corrected chi connectivity index (χ1v) is 8.09. The molecular formula is C15H24N6. The summed E-state index contributed by atoms with van der Waals surface area (Å²) in [6.07, 6.45) is 6.44. The van der Waals surface area contributed by atoms with E-state index in [4.69, 9.17) is 11.5 Å². The number of hydrogen-bond acceptors (Lipinski definition) is 6. The highest BCUT2D eigenvalue weighted by Gasteiger charge is 2.39. The van der Waals surface area contributed by atoms with Crippen LogP contribution in [0.1, 0.15) is 32.1 Å². The third-order valence-electron chi connectivity index (χ3n) is 5.35. The summed E-state index contributed by atoms with van der Waals surface area (Å²) in [6.45, 7) is 1.80. The molecule has 1 aliphatic heterocycles. The maximum absolute atomic E-state index is 5.98. The highest BCUT2D eigenvalue weighted by molar-refractivity contribution is 5.53. The minimum atomic E-state index is 0.239. The van der Waals surface area contributed by atoms with Gasteiger partial charge in [0.25, 0.3) is 0 Å². The van der Waals surface area contributed by atoms with Crippen molar-refractivity contribution in [3.63, 3.8) is 0 Å². The van der Waals surface area contributed by atoms with Crippen LogP contribution in [0.2, 0.25) is 0 Å². The lowest BCUT2D eigenvalue weighted by atomic mass is 9.95. The van der Waals surface area contributed by atoms with E-state index in [2.05, 4.69) is 20.2 Å². The van der Waals surface area contributed by atoms with Crippen LogP contribution in [-0.4, -0.2) is 35.1 Å². The van der Waals surface area contributed by atoms with Crippen molar-refractivity contribution in [2.24, 2.45) is 17.6 Å². The number of nitrogens with two attached hydrogens (primary N) is 2. The maximum atomic E-state index is 5.98. The van der Waals surface area contributed by atoms with Gasteiger partial charge in [-0.25, -0.2) is 0 Å². The summed E-state index contributed by atoms with van der Waals surface area (Å²) in [6, 6.07) is 2.83. The lowest BCUT2D eigenvalue weighted by molar-refractivity contribution is 0.439. The highest BCUT2D eigenvalue weighted by Crippen LogP contribution is 2.45. The Bertz CT molecular complexity index is 533. The van der Waals surface area contributed by atoms with Gasteiger partial charge in [0.15, 0.2) is 0 Å². The molecule has 2 unspecified atom stereocenters. The Hall–Kier alpha value is -1.56. The van der Waals surface area contributed by atoms with Gasteiger partial charge in [-0.1, -0.05) is 6.42 Å². The van der Waals surface area contributed by atoms with Gasteiger partial charge in [0.05, 0.1) is 0 Å². The molecule has 114 valence electrons. The minimum absolute atomic E-state index is 0.239. The van der Waals surface area contributed by atoms with Crippen molar-refractivity contribution in [3.8, 4) is 0 Å². The number of anilines is 3. The molecule has 2 saturated carbocycles. The predicted molar refractivity (Wildman–Crippen MR) is 84.1 cm³/mol. The van der Waals surface area contributed by atoms with Gasteiger partial charge in [-0.2, -0.15) is 9.97 Å². The SMILES string of the molecule is Nc1nc(NC2CC3CC[C@@H]2C3)cc(N2CC[C@@H](N)C2)n1. The first kappa shape index (κ1) is 13.1. The molecule has 2 bridgehead atoms. The molecule has 1 aromatic heterocycles. The lowest BCUT2D eigenvalue weighted by Gasteiger charge is -2.24. The fraction of sp³-hybridized carbons (Fsp3) is 0.733. The first-order valence-electron chi connectivity index (χ1n) is 8.09. The molecule has 1 saturated heterocycles. The zero-order chi connectivity index (χ0) is 14.4. The van der Waals surface area contributed by atoms with Gasteiger partial charge in [-0.05, 0) is 37.5 Å². The molecule has 2 aliphatic carbocycles. The molecule has 21 heavy (non-hydrogen) atoms. The summed E-state index contributed by atoms with van der Waals surface area (Å²) in [5, 5.41) is 3.60. The van der Waals surface area contributed by atoms with E-state index in [1.165, 1.54) is 25.7 Å². The molecule has 3 fully saturated rings. The molecule has 0 spiro atoms. The lowest BCUT2D eigenvalue weighted by Crippen LogP contribution is -2.28. The number of rotatable bonds is 3.